The van der Waals surface area contributed by atoms with E-state index in [1.54, 1.807) is 22.9 Å². The summed E-state index contributed by atoms with van der Waals surface area (Å²) in [7, 11) is 0. The molecule has 0 radical (unpaired) electrons. The topological polar surface area (TPSA) is 106 Å². The molecule has 28 heavy (non-hydrogen) atoms. The Hall–Kier alpha value is -3.42. The number of alkyl halides is 1. The lowest BCUT2D eigenvalue weighted by Gasteiger charge is -2.05. The molecule has 3 aromatic rings. The second-order valence-electron chi connectivity index (χ2n) is 6.37. The van der Waals surface area contributed by atoms with Gasteiger partial charge in [0.1, 0.15) is 17.2 Å². The molecule has 1 aromatic carbocycles. The van der Waals surface area contributed by atoms with Crippen molar-refractivity contribution in [2.24, 2.45) is 0 Å². The van der Waals surface area contributed by atoms with Crippen LogP contribution in [0, 0.1) is 0 Å². The number of hydrogen-bond acceptors (Lipinski definition) is 5. The molecule has 0 bridgehead atoms. The molecule has 146 valence electrons. The van der Waals surface area contributed by atoms with Crippen LogP contribution in [0.1, 0.15) is 28.6 Å². The van der Waals surface area contributed by atoms with E-state index in [4.69, 9.17) is 4.52 Å². The quantitative estimate of drug-likeness (QED) is 0.616. The van der Waals surface area contributed by atoms with Crippen LogP contribution in [-0.4, -0.2) is 37.9 Å². The van der Waals surface area contributed by atoms with E-state index in [2.05, 4.69) is 5.16 Å². The van der Waals surface area contributed by atoms with Gasteiger partial charge in [-0.1, -0.05) is 5.16 Å². The first-order chi connectivity index (χ1) is 13.4. The van der Waals surface area contributed by atoms with Crippen molar-refractivity contribution in [3.05, 3.63) is 59.6 Å². The van der Waals surface area contributed by atoms with E-state index in [0.717, 1.165) is 0 Å². The fraction of sp³-hybridized carbons (Fsp3) is 0.250. The lowest BCUT2D eigenvalue weighted by molar-refractivity contribution is -0.123. The minimum absolute atomic E-state index is 0.00307. The average molecular weight is 386 g/mol. The van der Waals surface area contributed by atoms with E-state index in [1.165, 1.54) is 24.4 Å². The fourth-order valence-corrected chi connectivity index (χ4v) is 2.84. The number of rotatable bonds is 8. The van der Waals surface area contributed by atoms with Crippen LogP contribution in [0.2, 0.25) is 0 Å². The Labute approximate surface area is 160 Å². The van der Waals surface area contributed by atoms with Crippen molar-refractivity contribution in [3.8, 4) is 17.0 Å². The summed E-state index contributed by atoms with van der Waals surface area (Å²) in [4.78, 5) is 23.5. The predicted molar refractivity (Wildman–Crippen MR) is 98.0 cm³/mol. The van der Waals surface area contributed by atoms with Gasteiger partial charge in [-0.05, 0) is 36.8 Å². The molecule has 1 atom stereocenters. The van der Waals surface area contributed by atoms with Gasteiger partial charge in [-0.15, -0.1) is 0 Å². The third kappa shape index (κ3) is 4.28. The van der Waals surface area contributed by atoms with Crippen molar-refractivity contribution in [2.75, 3.05) is 0 Å². The fourth-order valence-electron chi connectivity index (χ4n) is 2.84. The highest BCUT2D eigenvalue weighted by atomic mass is 19.1. The number of aryl methyl sites for hydroxylation is 1. The first-order valence-electron chi connectivity index (χ1n) is 8.71. The highest BCUT2D eigenvalue weighted by Crippen LogP contribution is 2.23. The summed E-state index contributed by atoms with van der Waals surface area (Å²) in [6.45, 7) is 2.39. The highest BCUT2D eigenvalue weighted by Gasteiger charge is 2.24. The molecular formula is C20H19FN2O5. The second-order valence-corrected chi connectivity index (χ2v) is 6.37. The molecule has 8 heteroatoms. The zero-order valence-electron chi connectivity index (χ0n) is 15.1. The number of benzene rings is 1. The standard InChI is InChI=1S/C20H19FN2O5/c1-2-23-10-13(16(11-23)20(26)27)7-19(25)17(21)8-15-9-18(22-28-15)12-3-5-14(24)6-4-12/h3-6,9-11,17,24H,2,7-8H2,1H3,(H,26,27). The van der Waals surface area contributed by atoms with Crippen molar-refractivity contribution in [3.63, 3.8) is 0 Å². The lowest BCUT2D eigenvalue weighted by Crippen LogP contribution is -2.21. The van der Waals surface area contributed by atoms with Crippen LogP contribution in [0.4, 0.5) is 4.39 Å². The van der Waals surface area contributed by atoms with Crippen molar-refractivity contribution in [2.45, 2.75) is 32.5 Å². The maximum Gasteiger partial charge on any atom is 0.337 e. The first-order valence-corrected chi connectivity index (χ1v) is 8.71. The van der Waals surface area contributed by atoms with E-state index < -0.39 is 17.9 Å². The second kappa shape index (κ2) is 8.08. The summed E-state index contributed by atoms with van der Waals surface area (Å²) in [6, 6.07) is 7.80. The van der Waals surface area contributed by atoms with Gasteiger partial charge >= 0.3 is 5.97 Å². The van der Waals surface area contributed by atoms with E-state index in [-0.39, 0.29) is 35.5 Å². The molecular weight excluding hydrogens is 367 g/mol. The van der Waals surface area contributed by atoms with Crippen molar-refractivity contribution < 1.29 is 28.7 Å². The maximum absolute atomic E-state index is 14.4. The molecule has 2 aromatic heterocycles. The van der Waals surface area contributed by atoms with Crippen LogP contribution in [0.3, 0.4) is 0 Å². The summed E-state index contributed by atoms with van der Waals surface area (Å²) < 4.78 is 21.2. The number of nitrogens with zero attached hydrogens (tertiary/aromatic N) is 2. The van der Waals surface area contributed by atoms with Gasteiger partial charge in [0.05, 0.1) is 5.56 Å². The number of hydrogen-bond donors (Lipinski definition) is 2. The summed E-state index contributed by atoms with van der Waals surface area (Å²) in [6.07, 6.45) is 0.534. The summed E-state index contributed by atoms with van der Waals surface area (Å²) >= 11 is 0. The Morgan fingerprint density at radius 2 is 1.96 bits per heavy atom. The molecule has 0 saturated carbocycles. The van der Waals surface area contributed by atoms with Crippen molar-refractivity contribution in [1.29, 1.82) is 0 Å². The Morgan fingerprint density at radius 3 is 2.61 bits per heavy atom. The number of ketones is 1. The maximum atomic E-state index is 14.4. The summed E-state index contributed by atoms with van der Waals surface area (Å²) in [5.74, 6) is -1.56. The van der Waals surface area contributed by atoms with Gasteiger partial charge in [-0.25, -0.2) is 9.18 Å². The zero-order chi connectivity index (χ0) is 20.3. The molecule has 0 aliphatic rings. The number of carboxylic acid groups (broad SMARTS) is 1. The smallest absolute Gasteiger partial charge is 0.337 e. The number of aromatic hydroxyl groups is 1. The number of carbonyl (C=O) groups excluding carboxylic acids is 1. The van der Waals surface area contributed by atoms with Crippen LogP contribution in [-0.2, 0) is 24.2 Å². The Morgan fingerprint density at radius 1 is 1.25 bits per heavy atom. The van der Waals surface area contributed by atoms with Crippen molar-refractivity contribution >= 4 is 11.8 Å². The highest BCUT2D eigenvalue weighted by molar-refractivity contribution is 5.93. The van der Waals surface area contributed by atoms with Gasteiger partial charge in [-0.2, -0.15) is 0 Å². The van der Waals surface area contributed by atoms with Gasteiger partial charge in [-0.3, -0.25) is 4.79 Å². The lowest BCUT2D eigenvalue weighted by atomic mass is 10.0. The number of carboxylic acids is 1. The van der Waals surface area contributed by atoms with E-state index in [9.17, 15) is 24.2 Å². The molecule has 7 nitrogen and oxygen atoms in total. The minimum Gasteiger partial charge on any atom is -0.508 e. The Bertz CT molecular complexity index is 990. The van der Waals surface area contributed by atoms with Gasteiger partial charge < -0.3 is 19.3 Å². The number of phenols is 1. The molecule has 0 spiro atoms. The third-order valence-corrected chi connectivity index (χ3v) is 4.37. The van der Waals surface area contributed by atoms with E-state index >= 15 is 0 Å². The molecule has 2 heterocycles. The summed E-state index contributed by atoms with van der Waals surface area (Å²) in [5.41, 5.74) is 1.42. The van der Waals surface area contributed by atoms with Crippen molar-refractivity contribution in [1.82, 2.24) is 9.72 Å². The summed E-state index contributed by atoms with van der Waals surface area (Å²) in [5, 5.41) is 22.4. The van der Waals surface area contributed by atoms with E-state index in [0.29, 0.717) is 17.8 Å². The number of aromatic nitrogens is 2. The van der Waals surface area contributed by atoms with Gasteiger partial charge in [0.15, 0.2) is 12.0 Å². The molecule has 0 saturated heterocycles. The number of halogens is 1. The molecule has 0 fully saturated rings. The van der Waals surface area contributed by atoms with Gasteiger partial charge in [0, 0.05) is 43.4 Å². The molecule has 1 unspecified atom stereocenters. The van der Waals surface area contributed by atoms with Crippen LogP contribution >= 0.6 is 0 Å². The Kier molecular flexibility index (Phi) is 5.58. The number of carbonyl (C=O) groups is 2. The number of aromatic carboxylic acids is 1. The minimum atomic E-state index is -1.84. The Balaban J connectivity index is 1.67. The van der Waals surface area contributed by atoms with Crippen LogP contribution < -0.4 is 0 Å². The average Bonchev–Trinajstić information content (AvgIpc) is 3.29. The first kappa shape index (κ1) is 19.3. The third-order valence-electron chi connectivity index (χ3n) is 4.37. The zero-order valence-corrected chi connectivity index (χ0v) is 15.1. The number of phenolic OH excluding ortho intramolecular Hbond substituents is 1. The molecule has 0 amide bonds. The van der Waals surface area contributed by atoms with E-state index in [1.807, 2.05) is 6.92 Å². The molecule has 3 rings (SSSR count). The molecule has 2 N–H and O–H groups in total. The van der Waals surface area contributed by atoms with Gasteiger partial charge in [0.25, 0.3) is 0 Å². The normalized spacial score (nSPS) is 12.1. The van der Waals surface area contributed by atoms with Crippen LogP contribution in [0.5, 0.6) is 5.75 Å². The van der Waals surface area contributed by atoms with Crippen LogP contribution in [0.25, 0.3) is 11.3 Å². The number of Topliss-reactive ketones (excluding diaryl/α,β-unsaturated/α-hetero) is 1. The van der Waals surface area contributed by atoms with Gasteiger partial charge in [0.2, 0.25) is 0 Å². The molecule has 0 aliphatic heterocycles. The monoisotopic (exact) mass is 386 g/mol. The predicted octanol–water partition coefficient (Wildman–Crippen LogP) is 3.26. The largest absolute Gasteiger partial charge is 0.508 e. The van der Waals surface area contributed by atoms with Crippen LogP contribution in [0.15, 0.2) is 47.2 Å². The molecule has 0 aliphatic carbocycles. The SMILES string of the molecule is CCn1cc(CC(=O)C(F)Cc2cc(-c3ccc(O)cc3)no2)c(C(=O)O)c1.